The van der Waals surface area contributed by atoms with Crippen molar-refractivity contribution in [1.29, 1.82) is 0 Å². The summed E-state index contributed by atoms with van der Waals surface area (Å²) in [5, 5.41) is 3.22. The average Bonchev–Trinajstić information content (AvgIpc) is 2.52. The molecule has 2 aromatic rings. The molecule has 21 heavy (non-hydrogen) atoms. The lowest BCUT2D eigenvalue weighted by atomic mass is 9.83. The van der Waals surface area contributed by atoms with E-state index in [1.54, 1.807) is 6.07 Å². The third-order valence-electron chi connectivity index (χ3n) is 4.10. The molecule has 1 atom stereocenters. The normalized spacial score (nSPS) is 17.5. The van der Waals surface area contributed by atoms with Gasteiger partial charge in [-0.05, 0) is 36.9 Å². The number of aryl methyl sites for hydroxylation is 1. The summed E-state index contributed by atoms with van der Waals surface area (Å²) in [5.74, 6) is 1.15. The number of aromatic amines is 1. The van der Waals surface area contributed by atoms with Crippen LogP contribution >= 0.6 is 0 Å². The van der Waals surface area contributed by atoms with Crippen molar-refractivity contribution in [3.05, 3.63) is 63.3 Å². The van der Waals surface area contributed by atoms with Crippen molar-refractivity contribution < 1.29 is 0 Å². The Labute approximate surface area is 124 Å². The van der Waals surface area contributed by atoms with E-state index in [9.17, 15) is 4.79 Å². The van der Waals surface area contributed by atoms with Gasteiger partial charge in [0, 0.05) is 18.5 Å². The number of rotatable bonds is 4. The van der Waals surface area contributed by atoms with Crippen molar-refractivity contribution in [2.45, 2.75) is 38.6 Å². The van der Waals surface area contributed by atoms with Crippen molar-refractivity contribution >= 4 is 0 Å². The van der Waals surface area contributed by atoms with E-state index in [4.69, 9.17) is 0 Å². The van der Waals surface area contributed by atoms with Gasteiger partial charge in [0.1, 0.15) is 5.82 Å². The monoisotopic (exact) mass is 283 g/mol. The summed E-state index contributed by atoms with van der Waals surface area (Å²) in [6, 6.07) is 10.1. The standard InChI is InChI=1S/C17H21N3O/c1-2-18-11-15-10-16(21)20-17(19-15)14-8-7-12-5-3-4-6-13(12)9-14/h3-6,10,14,18H,2,7-9,11H2,1H3,(H,19,20,21). The Morgan fingerprint density at radius 2 is 2.14 bits per heavy atom. The average molecular weight is 283 g/mol. The molecule has 0 saturated heterocycles. The molecule has 4 heteroatoms. The highest BCUT2D eigenvalue weighted by atomic mass is 16.1. The van der Waals surface area contributed by atoms with Crippen LogP contribution in [0, 0.1) is 0 Å². The van der Waals surface area contributed by atoms with E-state index < -0.39 is 0 Å². The second-order valence-corrected chi connectivity index (χ2v) is 5.61. The number of nitrogens with zero attached hydrogens (tertiary/aromatic N) is 1. The molecule has 0 amide bonds. The van der Waals surface area contributed by atoms with Gasteiger partial charge in [0.25, 0.3) is 5.56 Å². The van der Waals surface area contributed by atoms with E-state index in [1.807, 2.05) is 6.92 Å². The summed E-state index contributed by atoms with van der Waals surface area (Å²) in [7, 11) is 0. The highest BCUT2D eigenvalue weighted by Gasteiger charge is 2.22. The van der Waals surface area contributed by atoms with Gasteiger partial charge >= 0.3 is 0 Å². The maximum atomic E-state index is 11.8. The van der Waals surface area contributed by atoms with Crippen LogP contribution in [0.2, 0.25) is 0 Å². The summed E-state index contributed by atoms with van der Waals surface area (Å²) >= 11 is 0. The summed E-state index contributed by atoms with van der Waals surface area (Å²) in [6.45, 7) is 3.57. The fraction of sp³-hybridized carbons (Fsp3) is 0.412. The van der Waals surface area contributed by atoms with E-state index in [1.165, 1.54) is 11.1 Å². The Bertz CT molecular complexity index is 678. The molecule has 0 radical (unpaired) electrons. The topological polar surface area (TPSA) is 57.8 Å². The first-order chi connectivity index (χ1) is 10.3. The van der Waals surface area contributed by atoms with Crippen LogP contribution in [-0.4, -0.2) is 16.5 Å². The van der Waals surface area contributed by atoms with Crippen LogP contribution in [0.5, 0.6) is 0 Å². The van der Waals surface area contributed by atoms with Crippen molar-refractivity contribution in [3.8, 4) is 0 Å². The molecule has 1 heterocycles. The predicted octanol–water partition coefficient (Wildman–Crippen LogP) is 2.15. The fourth-order valence-corrected chi connectivity index (χ4v) is 3.00. The van der Waals surface area contributed by atoms with Gasteiger partial charge in [-0.15, -0.1) is 0 Å². The Morgan fingerprint density at radius 3 is 2.95 bits per heavy atom. The first-order valence-corrected chi connectivity index (χ1v) is 7.64. The molecule has 0 aliphatic heterocycles. The second-order valence-electron chi connectivity index (χ2n) is 5.61. The summed E-state index contributed by atoms with van der Waals surface area (Å²) in [4.78, 5) is 19.4. The molecule has 1 aliphatic carbocycles. The lowest BCUT2D eigenvalue weighted by molar-refractivity contribution is 0.547. The first kappa shape index (κ1) is 14.0. The number of benzene rings is 1. The van der Waals surface area contributed by atoms with E-state index in [2.05, 4.69) is 39.6 Å². The van der Waals surface area contributed by atoms with Crippen LogP contribution in [0.3, 0.4) is 0 Å². The van der Waals surface area contributed by atoms with Crippen molar-refractivity contribution in [2.24, 2.45) is 0 Å². The molecule has 2 N–H and O–H groups in total. The molecule has 110 valence electrons. The van der Waals surface area contributed by atoms with Gasteiger partial charge in [-0.2, -0.15) is 0 Å². The Morgan fingerprint density at radius 1 is 1.33 bits per heavy atom. The minimum Gasteiger partial charge on any atom is -0.311 e. The SMILES string of the molecule is CCNCc1cc(=O)[nH]c(C2CCc3ccccc3C2)n1. The Balaban J connectivity index is 1.84. The first-order valence-electron chi connectivity index (χ1n) is 7.64. The quantitative estimate of drug-likeness (QED) is 0.904. The molecule has 1 aromatic heterocycles. The van der Waals surface area contributed by atoms with E-state index >= 15 is 0 Å². The van der Waals surface area contributed by atoms with Crippen LogP contribution in [-0.2, 0) is 19.4 Å². The van der Waals surface area contributed by atoms with Crippen LogP contribution in [0.25, 0.3) is 0 Å². The van der Waals surface area contributed by atoms with E-state index in [-0.39, 0.29) is 5.56 Å². The summed E-state index contributed by atoms with van der Waals surface area (Å²) < 4.78 is 0. The minimum atomic E-state index is -0.0493. The molecule has 4 nitrogen and oxygen atoms in total. The Kier molecular flexibility index (Phi) is 4.15. The number of nitrogens with one attached hydrogen (secondary N) is 2. The molecule has 0 spiro atoms. The zero-order valence-electron chi connectivity index (χ0n) is 12.4. The molecule has 1 aliphatic rings. The van der Waals surface area contributed by atoms with Gasteiger partial charge in [-0.1, -0.05) is 31.2 Å². The summed E-state index contributed by atoms with van der Waals surface area (Å²) in [6.07, 6.45) is 3.07. The molecular formula is C17H21N3O. The lowest BCUT2D eigenvalue weighted by Gasteiger charge is -2.24. The van der Waals surface area contributed by atoms with Gasteiger partial charge in [0.2, 0.25) is 0 Å². The number of H-pyrrole nitrogens is 1. The maximum absolute atomic E-state index is 11.8. The minimum absolute atomic E-state index is 0.0493. The molecule has 0 fully saturated rings. The van der Waals surface area contributed by atoms with Gasteiger partial charge in [-0.3, -0.25) is 4.79 Å². The van der Waals surface area contributed by atoms with E-state index in [0.717, 1.165) is 37.3 Å². The lowest BCUT2D eigenvalue weighted by Crippen LogP contribution is -2.22. The van der Waals surface area contributed by atoms with Gasteiger partial charge < -0.3 is 10.3 Å². The number of fused-ring (bicyclic) bond motifs is 1. The van der Waals surface area contributed by atoms with Gasteiger partial charge in [0.15, 0.2) is 0 Å². The highest BCUT2D eigenvalue weighted by molar-refractivity contribution is 5.31. The maximum Gasteiger partial charge on any atom is 0.251 e. The molecule has 1 unspecified atom stereocenters. The van der Waals surface area contributed by atoms with Gasteiger partial charge in [-0.25, -0.2) is 4.98 Å². The number of hydrogen-bond acceptors (Lipinski definition) is 3. The van der Waals surface area contributed by atoms with Crippen LogP contribution < -0.4 is 10.9 Å². The summed E-state index contributed by atoms with van der Waals surface area (Å²) in [5.41, 5.74) is 3.59. The Hall–Kier alpha value is -1.94. The van der Waals surface area contributed by atoms with Crippen LogP contribution in [0.1, 0.15) is 41.9 Å². The molecule has 1 aromatic carbocycles. The smallest absolute Gasteiger partial charge is 0.251 e. The van der Waals surface area contributed by atoms with Crippen LogP contribution in [0.15, 0.2) is 35.1 Å². The van der Waals surface area contributed by atoms with Crippen molar-refractivity contribution in [2.75, 3.05) is 6.54 Å². The predicted molar refractivity (Wildman–Crippen MR) is 83.4 cm³/mol. The number of aromatic nitrogens is 2. The third-order valence-corrected chi connectivity index (χ3v) is 4.10. The molecule has 3 rings (SSSR count). The van der Waals surface area contributed by atoms with Crippen molar-refractivity contribution in [1.82, 2.24) is 15.3 Å². The molecule has 0 saturated carbocycles. The van der Waals surface area contributed by atoms with E-state index in [0.29, 0.717) is 12.5 Å². The zero-order chi connectivity index (χ0) is 14.7. The largest absolute Gasteiger partial charge is 0.311 e. The molecule has 0 bridgehead atoms. The zero-order valence-corrected chi connectivity index (χ0v) is 12.4. The molecular weight excluding hydrogens is 262 g/mol. The van der Waals surface area contributed by atoms with Crippen molar-refractivity contribution in [3.63, 3.8) is 0 Å². The van der Waals surface area contributed by atoms with Crippen LogP contribution in [0.4, 0.5) is 0 Å². The van der Waals surface area contributed by atoms with Gasteiger partial charge in [0.05, 0.1) is 5.69 Å². The third kappa shape index (κ3) is 3.22. The second kappa shape index (κ2) is 6.22. The number of hydrogen-bond donors (Lipinski definition) is 2. The fourth-order valence-electron chi connectivity index (χ4n) is 3.00. The highest BCUT2D eigenvalue weighted by Crippen LogP contribution is 2.30.